The number of hydroxylamine groups is 1. The van der Waals surface area contributed by atoms with Crippen molar-refractivity contribution < 1.29 is 8.84 Å². The van der Waals surface area contributed by atoms with Crippen molar-refractivity contribution in [2.45, 2.75) is 0 Å². The Labute approximate surface area is 37.6 Å². The second kappa shape index (κ2) is 1.65. The molecule has 0 saturated heterocycles. The number of nitrogens with zero attached hydrogens (tertiary/aromatic N) is 1. The van der Waals surface area contributed by atoms with Crippen LogP contribution in [0.15, 0.2) is 4.36 Å². The third-order valence-electron chi connectivity index (χ3n) is 0.373. The van der Waals surface area contributed by atoms with Crippen LogP contribution >= 0.6 is 0 Å². The van der Waals surface area contributed by atoms with Crippen LogP contribution in [-0.4, -0.2) is 11.2 Å². The first-order valence-electron chi connectivity index (χ1n) is 1.41. The van der Waals surface area contributed by atoms with Crippen LogP contribution in [0.25, 0.3) is 0 Å². The quantitative estimate of drug-likeness (QED) is 0.446. The van der Waals surface area contributed by atoms with Gasteiger partial charge in [-0.15, -0.1) is 0 Å². The molecule has 4 nitrogen and oxygen atoms in total. The minimum atomic E-state index is -1.16. The summed E-state index contributed by atoms with van der Waals surface area (Å²) in [7, 11) is 0. The molecule has 36 valence electrons. The zero-order valence-corrected chi connectivity index (χ0v) is 3.73. The highest BCUT2D eigenvalue weighted by Gasteiger charge is 1.96. The SMILES string of the molecule is OS1=NCNO1. The summed E-state index contributed by atoms with van der Waals surface area (Å²) in [6, 6.07) is 0. The van der Waals surface area contributed by atoms with Gasteiger partial charge >= 0.3 is 0 Å². The lowest BCUT2D eigenvalue weighted by Crippen LogP contribution is -2.05. The topological polar surface area (TPSA) is 53.9 Å². The van der Waals surface area contributed by atoms with Crippen molar-refractivity contribution in [1.29, 1.82) is 0 Å². The Morgan fingerprint density at radius 1 is 2.00 bits per heavy atom. The van der Waals surface area contributed by atoms with Crippen LogP contribution in [0.2, 0.25) is 0 Å². The first kappa shape index (κ1) is 4.20. The molecule has 0 radical (unpaired) electrons. The van der Waals surface area contributed by atoms with Gasteiger partial charge in [-0.25, -0.2) is 0 Å². The molecule has 0 aromatic heterocycles. The Bertz CT molecular complexity index is 81.6. The van der Waals surface area contributed by atoms with Crippen molar-refractivity contribution in [3.63, 3.8) is 0 Å². The Hall–Kier alpha value is 0.0300. The lowest BCUT2D eigenvalue weighted by molar-refractivity contribution is 0.240. The van der Waals surface area contributed by atoms with Gasteiger partial charge < -0.3 is 0 Å². The fourth-order valence-corrected chi connectivity index (χ4v) is 0.561. The van der Waals surface area contributed by atoms with Crippen molar-refractivity contribution in [2.24, 2.45) is 4.36 Å². The summed E-state index contributed by atoms with van der Waals surface area (Å²) in [5, 5.41) is 0. The maximum Gasteiger partial charge on any atom is 0.193 e. The van der Waals surface area contributed by atoms with Gasteiger partial charge in [0, 0.05) is 0 Å². The largest absolute Gasteiger partial charge is 0.299 e. The van der Waals surface area contributed by atoms with Crippen LogP contribution in [0.1, 0.15) is 0 Å². The second-order valence-corrected chi connectivity index (χ2v) is 1.63. The normalized spacial score (nSPS) is 33.2. The molecule has 1 unspecified atom stereocenters. The molecule has 1 atom stereocenters. The van der Waals surface area contributed by atoms with E-state index >= 15 is 0 Å². The summed E-state index contributed by atoms with van der Waals surface area (Å²) >= 11 is -1.16. The van der Waals surface area contributed by atoms with E-state index in [9.17, 15) is 0 Å². The predicted octanol–water partition coefficient (Wildman–Crippen LogP) is -0.331. The molecule has 5 heteroatoms. The van der Waals surface area contributed by atoms with Gasteiger partial charge in [0.2, 0.25) is 0 Å². The van der Waals surface area contributed by atoms with E-state index in [1.807, 2.05) is 0 Å². The number of rotatable bonds is 0. The number of nitrogens with one attached hydrogen (secondary N) is 1. The molecule has 0 aromatic carbocycles. The van der Waals surface area contributed by atoms with E-state index in [1.165, 1.54) is 0 Å². The zero-order valence-electron chi connectivity index (χ0n) is 2.92. The van der Waals surface area contributed by atoms with Crippen molar-refractivity contribution in [3.8, 4) is 0 Å². The first-order valence-corrected chi connectivity index (χ1v) is 2.47. The highest BCUT2D eigenvalue weighted by molar-refractivity contribution is 7.76. The van der Waals surface area contributed by atoms with Crippen LogP contribution in [-0.2, 0) is 15.5 Å². The highest BCUT2D eigenvalue weighted by atomic mass is 32.2. The predicted molar refractivity (Wildman–Crippen MR) is 21.5 cm³/mol. The summed E-state index contributed by atoms with van der Waals surface area (Å²) in [4.78, 5) is 0. The van der Waals surface area contributed by atoms with Crippen molar-refractivity contribution >= 4 is 11.3 Å². The molecule has 1 rings (SSSR count). The van der Waals surface area contributed by atoms with Gasteiger partial charge in [0.15, 0.2) is 11.3 Å². The van der Waals surface area contributed by atoms with Gasteiger partial charge in [-0.1, -0.05) is 0 Å². The Morgan fingerprint density at radius 3 is 3.00 bits per heavy atom. The van der Waals surface area contributed by atoms with Crippen LogP contribution in [0.4, 0.5) is 0 Å². The molecule has 1 aliphatic heterocycles. The molecule has 0 aromatic rings. The summed E-state index contributed by atoms with van der Waals surface area (Å²) in [6.45, 7) is 0.402. The standard InChI is InChI=1S/CH4N2O2S/c4-6-3-1-2-5-6/h2H,1H2,(H,3,4). The van der Waals surface area contributed by atoms with E-state index in [1.54, 1.807) is 0 Å². The van der Waals surface area contributed by atoms with Gasteiger partial charge in [-0.3, -0.25) is 4.55 Å². The third kappa shape index (κ3) is 0.749. The summed E-state index contributed by atoms with van der Waals surface area (Å²) < 4.78 is 16.1. The van der Waals surface area contributed by atoms with E-state index < -0.39 is 11.3 Å². The van der Waals surface area contributed by atoms with E-state index in [0.29, 0.717) is 6.67 Å². The van der Waals surface area contributed by atoms with E-state index in [-0.39, 0.29) is 0 Å². The molecule has 0 fully saturated rings. The third-order valence-corrected chi connectivity index (χ3v) is 0.990. The monoisotopic (exact) mass is 108 g/mol. The van der Waals surface area contributed by atoms with Crippen LogP contribution in [0.3, 0.4) is 0 Å². The molecule has 0 saturated carbocycles. The molecule has 6 heavy (non-hydrogen) atoms. The van der Waals surface area contributed by atoms with Crippen LogP contribution in [0, 0.1) is 0 Å². The molecular weight excluding hydrogens is 104 g/mol. The van der Waals surface area contributed by atoms with E-state index in [0.717, 1.165) is 0 Å². The fraction of sp³-hybridized carbons (Fsp3) is 1.00. The fourth-order valence-electron chi connectivity index (χ4n) is 0.187. The van der Waals surface area contributed by atoms with E-state index in [4.69, 9.17) is 4.55 Å². The summed E-state index contributed by atoms with van der Waals surface area (Å²) in [6.07, 6.45) is 0. The van der Waals surface area contributed by atoms with Crippen molar-refractivity contribution in [1.82, 2.24) is 5.48 Å². The van der Waals surface area contributed by atoms with Gasteiger partial charge in [0.1, 0.15) is 6.67 Å². The molecule has 0 amide bonds. The smallest absolute Gasteiger partial charge is 0.193 e. The maximum atomic E-state index is 8.31. The Kier molecular flexibility index (Phi) is 1.16. The van der Waals surface area contributed by atoms with Gasteiger partial charge in [0.05, 0.1) is 0 Å². The van der Waals surface area contributed by atoms with Gasteiger partial charge in [-0.2, -0.15) is 14.1 Å². The second-order valence-electron chi connectivity index (χ2n) is 0.746. The van der Waals surface area contributed by atoms with Gasteiger partial charge in [0.25, 0.3) is 0 Å². The first-order chi connectivity index (χ1) is 2.89. The molecule has 0 spiro atoms. The lowest BCUT2D eigenvalue weighted by Gasteiger charge is -1.82. The van der Waals surface area contributed by atoms with Crippen molar-refractivity contribution in [3.05, 3.63) is 0 Å². The lowest BCUT2D eigenvalue weighted by atomic mass is 11.3. The molecule has 2 N–H and O–H groups in total. The van der Waals surface area contributed by atoms with Gasteiger partial charge in [-0.05, 0) is 0 Å². The Morgan fingerprint density at radius 2 is 2.83 bits per heavy atom. The Balaban J connectivity index is 2.45. The minimum Gasteiger partial charge on any atom is -0.299 e. The number of hydrogen-bond donors (Lipinski definition) is 2. The molecule has 1 heterocycles. The maximum absolute atomic E-state index is 8.31. The summed E-state index contributed by atoms with van der Waals surface area (Å²) in [5.74, 6) is 0. The molecule has 0 bridgehead atoms. The summed E-state index contributed by atoms with van der Waals surface area (Å²) in [5.41, 5.74) is 2.37. The average molecular weight is 108 g/mol. The zero-order chi connectivity index (χ0) is 4.41. The molecular formula is CH4N2O2S. The molecule has 0 aliphatic carbocycles. The number of hydrogen-bond acceptors (Lipinski definition) is 3. The molecule has 1 aliphatic rings. The highest BCUT2D eigenvalue weighted by Crippen LogP contribution is 1.87. The minimum absolute atomic E-state index is 0.402. The van der Waals surface area contributed by atoms with E-state index in [2.05, 4.69) is 14.1 Å². The van der Waals surface area contributed by atoms with Crippen molar-refractivity contribution in [2.75, 3.05) is 6.67 Å². The van der Waals surface area contributed by atoms with Crippen LogP contribution < -0.4 is 5.48 Å². The average Bonchev–Trinajstić information content (AvgIpc) is 1.86. The van der Waals surface area contributed by atoms with Crippen LogP contribution in [0.5, 0.6) is 0 Å².